The van der Waals surface area contributed by atoms with Crippen LogP contribution in [0.25, 0.3) is 0 Å². The summed E-state index contributed by atoms with van der Waals surface area (Å²) in [5.74, 6) is 0.751. The lowest BCUT2D eigenvalue weighted by molar-refractivity contribution is 0.541. The van der Waals surface area contributed by atoms with Crippen molar-refractivity contribution in [3.05, 3.63) is 59.3 Å². The molecule has 0 saturated heterocycles. The molecule has 2 aliphatic rings. The Morgan fingerprint density at radius 2 is 1.64 bits per heavy atom. The van der Waals surface area contributed by atoms with Crippen molar-refractivity contribution < 1.29 is 0 Å². The van der Waals surface area contributed by atoms with Gasteiger partial charge in [-0.3, -0.25) is 0 Å². The summed E-state index contributed by atoms with van der Waals surface area (Å²) in [6, 6.07) is 0. The molecule has 2 rings (SSSR count). The zero-order valence-electron chi connectivity index (χ0n) is 15.2. The molecule has 0 N–H and O–H groups in total. The summed E-state index contributed by atoms with van der Waals surface area (Å²) in [6.45, 7) is 13.5. The van der Waals surface area contributed by atoms with E-state index in [9.17, 15) is 0 Å². The van der Waals surface area contributed by atoms with Crippen LogP contribution in [0.15, 0.2) is 59.3 Å². The first-order valence-corrected chi connectivity index (χ1v) is 8.62. The maximum atomic E-state index is 2.42. The molecule has 0 aromatic rings. The maximum absolute atomic E-state index is 2.42. The molecule has 0 amide bonds. The van der Waals surface area contributed by atoms with Crippen LogP contribution in [-0.2, 0) is 0 Å². The topological polar surface area (TPSA) is 0 Å². The van der Waals surface area contributed by atoms with E-state index in [1.807, 2.05) is 0 Å². The van der Waals surface area contributed by atoms with Gasteiger partial charge in [0.25, 0.3) is 0 Å². The van der Waals surface area contributed by atoms with Gasteiger partial charge >= 0.3 is 0 Å². The second-order valence-electron chi connectivity index (χ2n) is 8.97. The third kappa shape index (κ3) is 5.48. The summed E-state index contributed by atoms with van der Waals surface area (Å²) in [7, 11) is 0. The fourth-order valence-corrected chi connectivity index (χ4v) is 2.91. The van der Waals surface area contributed by atoms with Crippen LogP contribution in [0, 0.1) is 16.7 Å². The Hall–Kier alpha value is -1.30. The molecule has 0 aliphatic heterocycles. The van der Waals surface area contributed by atoms with Crippen LogP contribution in [-0.4, -0.2) is 0 Å². The highest BCUT2D eigenvalue weighted by Gasteiger charge is 2.24. The highest BCUT2D eigenvalue weighted by molar-refractivity contribution is 5.45. The molecule has 0 bridgehead atoms. The highest BCUT2D eigenvalue weighted by Crippen LogP contribution is 2.39. The minimum absolute atomic E-state index is 0.264. The molecular formula is C22H32. The molecule has 0 saturated carbocycles. The van der Waals surface area contributed by atoms with Crippen LogP contribution in [0.2, 0.25) is 0 Å². The Kier molecular flexibility index (Phi) is 5.00. The van der Waals surface area contributed by atoms with E-state index >= 15 is 0 Å². The Bertz CT molecular complexity index is 548. The molecule has 0 spiro atoms. The van der Waals surface area contributed by atoms with Gasteiger partial charge in [0.1, 0.15) is 0 Å². The van der Waals surface area contributed by atoms with E-state index < -0.39 is 0 Å². The standard InChI is InChI=1S/C22H32/c1-21(2,3)12-7-8-18-15-19-10-9-17(14-20(19)16-18)11-13-22(4,5)6/h7-8,11-14,16,19H,9-10,15H2,1-6H3/b12-7+,13-11+,18-8+. The molecule has 0 fully saturated rings. The lowest BCUT2D eigenvalue weighted by atomic mass is 9.85. The summed E-state index contributed by atoms with van der Waals surface area (Å²) in [5.41, 5.74) is 5.04. The third-order valence-electron chi connectivity index (χ3n) is 4.14. The first kappa shape index (κ1) is 17.1. The van der Waals surface area contributed by atoms with Crippen LogP contribution < -0.4 is 0 Å². The first-order chi connectivity index (χ1) is 10.1. The molecule has 2 aliphatic carbocycles. The van der Waals surface area contributed by atoms with Crippen LogP contribution in [0.4, 0.5) is 0 Å². The molecule has 0 heterocycles. The van der Waals surface area contributed by atoms with E-state index in [1.54, 1.807) is 0 Å². The minimum atomic E-state index is 0.264. The van der Waals surface area contributed by atoms with Gasteiger partial charge in [-0.2, -0.15) is 0 Å². The van der Waals surface area contributed by atoms with Crippen molar-refractivity contribution in [2.24, 2.45) is 16.7 Å². The van der Waals surface area contributed by atoms with Crippen LogP contribution in [0.3, 0.4) is 0 Å². The number of hydrogen-bond donors (Lipinski definition) is 0. The van der Waals surface area contributed by atoms with Gasteiger partial charge in [0.05, 0.1) is 0 Å². The molecule has 22 heavy (non-hydrogen) atoms. The van der Waals surface area contributed by atoms with E-state index in [0.717, 1.165) is 5.92 Å². The number of hydrogen-bond acceptors (Lipinski definition) is 0. The van der Waals surface area contributed by atoms with Crippen LogP contribution in [0.1, 0.15) is 60.8 Å². The first-order valence-electron chi connectivity index (χ1n) is 8.62. The Morgan fingerprint density at radius 3 is 2.27 bits per heavy atom. The number of rotatable bonds is 2. The summed E-state index contributed by atoms with van der Waals surface area (Å²) < 4.78 is 0. The number of allylic oxidation sites excluding steroid dienone is 10. The zero-order chi connectivity index (χ0) is 16.4. The predicted molar refractivity (Wildman–Crippen MR) is 98.8 cm³/mol. The molecule has 1 atom stereocenters. The fraction of sp³-hybridized carbons (Fsp3) is 0.545. The van der Waals surface area contributed by atoms with E-state index in [4.69, 9.17) is 0 Å². The van der Waals surface area contributed by atoms with Crippen molar-refractivity contribution in [3.63, 3.8) is 0 Å². The van der Waals surface area contributed by atoms with Gasteiger partial charge in [-0.15, -0.1) is 0 Å². The number of fused-ring (bicyclic) bond motifs is 1. The summed E-state index contributed by atoms with van der Waals surface area (Å²) in [4.78, 5) is 0. The second-order valence-corrected chi connectivity index (χ2v) is 8.97. The van der Waals surface area contributed by atoms with Crippen LogP contribution >= 0.6 is 0 Å². The predicted octanol–water partition coefficient (Wildman–Crippen LogP) is 6.78. The molecule has 0 aromatic heterocycles. The van der Waals surface area contributed by atoms with Gasteiger partial charge in [0, 0.05) is 0 Å². The quantitative estimate of drug-likeness (QED) is 0.526. The minimum Gasteiger partial charge on any atom is -0.0791 e. The lowest BCUT2D eigenvalue weighted by Crippen LogP contribution is -2.05. The van der Waals surface area contributed by atoms with Crippen molar-refractivity contribution in [2.45, 2.75) is 60.8 Å². The third-order valence-corrected chi connectivity index (χ3v) is 4.14. The van der Waals surface area contributed by atoms with Crippen molar-refractivity contribution in [1.29, 1.82) is 0 Å². The molecule has 0 aromatic carbocycles. The van der Waals surface area contributed by atoms with Gasteiger partial charge in [0.2, 0.25) is 0 Å². The molecule has 120 valence electrons. The molecule has 0 nitrogen and oxygen atoms in total. The smallest absolute Gasteiger partial charge is 0.0118 e. The maximum Gasteiger partial charge on any atom is -0.0118 e. The van der Waals surface area contributed by atoms with Gasteiger partial charge in [-0.25, -0.2) is 0 Å². The monoisotopic (exact) mass is 296 g/mol. The molecular weight excluding hydrogens is 264 g/mol. The van der Waals surface area contributed by atoms with E-state index in [1.165, 1.54) is 36.0 Å². The summed E-state index contributed by atoms with van der Waals surface area (Å²) in [5, 5.41) is 0. The molecule has 1 unspecified atom stereocenters. The largest absolute Gasteiger partial charge is 0.0791 e. The fourth-order valence-electron chi connectivity index (χ4n) is 2.91. The van der Waals surface area contributed by atoms with Gasteiger partial charge in [-0.1, -0.05) is 84.1 Å². The van der Waals surface area contributed by atoms with Gasteiger partial charge < -0.3 is 0 Å². The van der Waals surface area contributed by atoms with E-state index in [0.29, 0.717) is 0 Å². The van der Waals surface area contributed by atoms with Crippen molar-refractivity contribution >= 4 is 0 Å². The Morgan fingerprint density at radius 1 is 0.955 bits per heavy atom. The molecule has 0 heteroatoms. The van der Waals surface area contributed by atoms with Crippen LogP contribution in [0.5, 0.6) is 0 Å². The second kappa shape index (κ2) is 6.44. The van der Waals surface area contributed by atoms with Gasteiger partial charge in [-0.05, 0) is 52.7 Å². The lowest BCUT2D eigenvalue weighted by Gasteiger charge is -2.20. The average Bonchev–Trinajstić information content (AvgIpc) is 2.75. The molecule has 0 radical (unpaired) electrons. The Balaban J connectivity index is 2.09. The van der Waals surface area contributed by atoms with Crippen molar-refractivity contribution in [1.82, 2.24) is 0 Å². The van der Waals surface area contributed by atoms with Crippen molar-refractivity contribution in [3.8, 4) is 0 Å². The highest BCUT2D eigenvalue weighted by atomic mass is 14.3. The normalized spacial score (nSPS) is 25.0. The summed E-state index contributed by atoms with van der Waals surface area (Å²) >= 11 is 0. The van der Waals surface area contributed by atoms with E-state index in [-0.39, 0.29) is 10.8 Å². The van der Waals surface area contributed by atoms with E-state index in [2.05, 4.69) is 84.1 Å². The SMILES string of the molecule is CC(C)(C)/C=C/C=C1/C=C2C=C(/C=C/C(C)(C)C)CCC2C1. The summed E-state index contributed by atoms with van der Waals surface area (Å²) in [6.07, 6.45) is 20.0. The van der Waals surface area contributed by atoms with Crippen molar-refractivity contribution in [2.75, 3.05) is 0 Å². The van der Waals surface area contributed by atoms with Gasteiger partial charge in [0.15, 0.2) is 0 Å². The Labute approximate surface area is 137 Å². The zero-order valence-corrected chi connectivity index (χ0v) is 15.2. The average molecular weight is 296 g/mol.